The molecule has 2 heterocycles. The lowest BCUT2D eigenvalue weighted by Gasteiger charge is -1.96. The lowest BCUT2D eigenvalue weighted by molar-refractivity contribution is 0.519. The number of nitrogens with two attached hydrogens (primary N) is 1. The highest BCUT2D eigenvalue weighted by atomic mass is 16.3. The summed E-state index contributed by atoms with van der Waals surface area (Å²) in [5, 5.41) is 0. The van der Waals surface area contributed by atoms with E-state index in [0.29, 0.717) is 6.54 Å². The molecule has 0 radical (unpaired) electrons. The first-order valence-corrected chi connectivity index (χ1v) is 4.07. The Balaban J connectivity index is 2.41. The molecule has 0 aromatic carbocycles. The van der Waals surface area contributed by atoms with Crippen LogP contribution in [0.5, 0.6) is 0 Å². The molecule has 0 unspecified atom stereocenters. The van der Waals surface area contributed by atoms with Crippen LogP contribution in [0, 0.1) is 0 Å². The van der Waals surface area contributed by atoms with Crippen LogP contribution >= 0.6 is 0 Å². The Hall–Kier alpha value is -1.55. The summed E-state index contributed by atoms with van der Waals surface area (Å²) < 4.78 is 7.35. The van der Waals surface area contributed by atoms with Gasteiger partial charge in [0.1, 0.15) is 5.76 Å². The number of aromatic nitrogens is 2. The molecule has 2 rings (SSSR count). The summed E-state index contributed by atoms with van der Waals surface area (Å²) in [4.78, 5) is 4.16. The highest BCUT2D eigenvalue weighted by molar-refractivity contribution is 5.47. The zero-order valence-corrected chi connectivity index (χ0v) is 7.40. The molecule has 0 amide bonds. The molecule has 2 aromatic heterocycles. The molecule has 68 valence electrons. The number of hydrogen-bond donors (Lipinski definition) is 1. The smallest absolute Gasteiger partial charge is 0.175 e. The van der Waals surface area contributed by atoms with Crippen molar-refractivity contribution >= 4 is 0 Å². The highest BCUT2D eigenvalue weighted by Gasteiger charge is 2.07. The van der Waals surface area contributed by atoms with Gasteiger partial charge in [-0.15, -0.1) is 0 Å². The molecule has 0 saturated carbocycles. The van der Waals surface area contributed by atoms with Crippen molar-refractivity contribution < 1.29 is 4.42 Å². The third kappa shape index (κ3) is 1.36. The van der Waals surface area contributed by atoms with Crippen LogP contribution in [-0.4, -0.2) is 9.55 Å². The normalized spacial score (nSPS) is 10.6. The number of rotatable bonds is 2. The summed E-state index contributed by atoms with van der Waals surface area (Å²) >= 11 is 0. The van der Waals surface area contributed by atoms with E-state index in [0.717, 1.165) is 17.3 Å². The fraction of sp³-hybridized carbons (Fsp3) is 0.222. The van der Waals surface area contributed by atoms with Crippen LogP contribution < -0.4 is 5.73 Å². The van der Waals surface area contributed by atoms with Crippen molar-refractivity contribution in [3.8, 4) is 11.6 Å². The third-order valence-electron chi connectivity index (χ3n) is 1.90. The predicted octanol–water partition coefficient (Wildman–Crippen LogP) is 1.14. The second kappa shape index (κ2) is 3.06. The second-order valence-electron chi connectivity index (χ2n) is 2.83. The molecular weight excluding hydrogens is 166 g/mol. The van der Waals surface area contributed by atoms with Gasteiger partial charge in [0.25, 0.3) is 0 Å². The SMILES string of the molecule is Cn1ccnc1-c1ccc(CN)o1. The number of imidazole rings is 1. The van der Waals surface area contributed by atoms with Gasteiger partial charge >= 0.3 is 0 Å². The van der Waals surface area contributed by atoms with E-state index in [4.69, 9.17) is 10.2 Å². The van der Waals surface area contributed by atoms with E-state index in [1.165, 1.54) is 0 Å². The van der Waals surface area contributed by atoms with E-state index in [-0.39, 0.29) is 0 Å². The number of nitrogens with zero attached hydrogens (tertiary/aromatic N) is 2. The summed E-state index contributed by atoms with van der Waals surface area (Å²) in [6.45, 7) is 0.421. The summed E-state index contributed by atoms with van der Waals surface area (Å²) in [6.07, 6.45) is 3.61. The van der Waals surface area contributed by atoms with Crippen molar-refractivity contribution in [2.75, 3.05) is 0 Å². The Morgan fingerprint density at radius 1 is 1.54 bits per heavy atom. The fourth-order valence-electron chi connectivity index (χ4n) is 1.21. The van der Waals surface area contributed by atoms with Gasteiger partial charge in [-0.25, -0.2) is 4.98 Å². The van der Waals surface area contributed by atoms with Crippen molar-refractivity contribution in [3.05, 3.63) is 30.3 Å². The Labute approximate surface area is 76.0 Å². The van der Waals surface area contributed by atoms with Crippen molar-refractivity contribution in [2.45, 2.75) is 6.54 Å². The van der Waals surface area contributed by atoms with Crippen LogP contribution in [0.3, 0.4) is 0 Å². The van der Waals surface area contributed by atoms with Gasteiger partial charge in [0.2, 0.25) is 0 Å². The number of aryl methyl sites for hydroxylation is 1. The Kier molecular flexibility index (Phi) is 1.90. The maximum absolute atomic E-state index is 5.45. The van der Waals surface area contributed by atoms with Crippen molar-refractivity contribution in [1.29, 1.82) is 0 Å². The molecule has 0 fully saturated rings. The van der Waals surface area contributed by atoms with Crippen LogP contribution in [0.25, 0.3) is 11.6 Å². The zero-order chi connectivity index (χ0) is 9.26. The van der Waals surface area contributed by atoms with Gasteiger partial charge in [0.15, 0.2) is 11.6 Å². The molecule has 0 aliphatic rings. The van der Waals surface area contributed by atoms with Crippen LogP contribution in [0.15, 0.2) is 28.9 Å². The summed E-state index contributed by atoms with van der Waals surface area (Å²) in [5.74, 6) is 2.35. The minimum atomic E-state index is 0.421. The number of hydrogen-bond acceptors (Lipinski definition) is 3. The molecule has 0 bridgehead atoms. The van der Waals surface area contributed by atoms with Gasteiger partial charge in [-0.1, -0.05) is 0 Å². The number of furan rings is 1. The van der Waals surface area contributed by atoms with Gasteiger partial charge in [0, 0.05) is 19.4 Å². The maximum Gasteiger partial charge on any atom is 0.175 e. The Morgan fingerprint density at radius 3 is 2.92 bits per heavy atom. The molecular formula is C9H11N3O. The first-order chi connectivity index (χ1) is 6.31. The standard InChI is InChI=1S/C9H11N3O/c1-12-5-4-11-9(12)8-3-2-7(6-10)13-8/h2-5H,6,10H2,1H3. The van der Waals surface area contributed by atoms with Crippen LogP contribution in [0.2, 0.25) is 0 Å². The highest BCUT2D eigenvalue weighted by Crippen LogP contribution is 2.19. The van der Waals surface area contributed by atoms with Gasteiger partial charge in [-0.05, 0) is 12.1 Å². The quantitative estimate of drug-likeness (QED) is 0.748. The summed E-state index contributed by atoms with van der Waals surface area (Å²) in [5.41, 5.74) is 5.43. The Morgan fingerprint density at radius 2 is 2.38 bits per heavy atom. The van der Waals surface area contributed by atoms with Crippen molar-refractivity contribution in [1.82, 2.24) is 9.55 Å². The van der Waals surface area contributed by atoms with Crippen LogP contribution in [-0.2, 0) is 13.6 Å². The van der Waals surface area contributed by atoms with Crippen molar-refractivity contribution in [2.24, 2.45) is 12.8 Å². The van der Waals surface area contributed by atoms with Gasteiger partial charge in [-0.3, -0.25) is 0 Å². The van der Waals surface area contributed by atoms with Gasteiger partial charge in [-0.2, -0.15) is 0 Å². The zero-order valence-electron chi connectivity index (χ0n) is 7.40. The van der Waals surface area contributed by atoms with E-state index >= 15 is 0 Å². The predicted molar refractivity (Wildman–Crippen MR) is 48.8 cm³/mol. The average molecular weight is 177 g/mol. The molecule has 2 N–H and O–H groups in total. The van der Waals surface area contributed by atoms with E-state index < -0.39 is 0 Å². The lowest BCUT2D eigenvalue weighted by Crippen LogP contribution is -1.93. The van der Waals surface area contributed by atoms with Gasteiger partial charge in [0.05, 0.1) is 6.54 Å². The molecule has 4 nitrogen and oxygen atoms in total. The largest absolute Gasteiger partial charge is 0.456 e. The van der Waals surface area contributed by atoms with E-state index in [2.05, 4.69) is 4.98 Å². The Bertz CT molecular complexity index is 402. The van der Waals surface area contributed by atoms with E-state index in [1.807, 2.05) is 29.9 Å². The molecule has 2 aromatic rings. The van der Waals surface area contributed by atoms with Crippen LogP contribution in [0.4, 0.5) is 0 Å². The minimum absolute atomic E-state index is 0.421. The molecule has 13 heavy (non-hydrogen) atoms. The van der Waals surface area contributed by atoms with Crippen molar-refractivity contribution in [3.63, 3.8) is 0 Å². The monoisotopic (exact) mass is 177 g/mol. The maximum atomic E-state index is 5.45. The molecule has 0 spiro atoms. The molecule has 0 atom stereocenters. The summed E-state index contributed by atoms with van der Waals surface area (Å²) in [6, 6.07) is 3.74. The molecule has 0 aliphatic carbocycles. The van der Waals surface area contributed by atoms with Crippen LogP contribution in [0.1, 0.15) is 5.76 Å². The van der Waals surface area contributed by atoms with Gasteiger partial charge < -0.3 is 14.7 Å². The minimum Gasteiger partial charge on any atom is -0.456 e. The van der Waals surface area contributed by atoms with E-state index in [9.17, 15) is 0 Å². The molecule has 0 saturated heterocycles. The fourth-order valence-corrected chi connectivity index (χ4v) is 1.21. The molecule has 0 aliphatic heterocycles. The lowest BCUT2D eigenvalue weighted by atomic mass is 10.4. The second-order valence-corrected chi connectivity index (χ2v) is 2.83. The first kappa shape index (κ1) is 8.07. The van der Waals surface area contributed by atoms with E-state index in [1.54, 1.807) is 6.20 Å². The topological polar surface area (TPSA) is 57.0 Å². The average Bonchev–Trinajstić information content (AvgIpc) is 2.71. The first-order valence-electron chi connectivity index (χ1n) is 4.07. The third-order valence-corrected chi connectivity index (χ3v) is 1.90. The summed E-state index contributed by atoms with van der Waals surface area (Å²) in [7, 11) is 1.92. The molecule has 4 heteroatoms.